The van der Waals surface area contributed by atoms with E-state index >= 15 is 0 Å². The van der Waals surface area contributed by atoms with Crippen LogP contribution >= 0.6 is 11.8 Å². The van der Waals surface area contributed by atoms with Crippen LogP contribution in [0, 0.1) is 0 Å². The first-order chi connectivity index (χ1) is 16.3. The average Bonchev–Trinajstić information content (AvgIpc) is 3.14. The monoisotopic (exact) mass is 486 g/mol. The van der Waals surface area contributed by atoms with Gasteiger partial charge in [0.15, 0.2) is 0 Å². The minimum Gasteiger partial charge on any atom is -0.480 e. The Morgan fingerprint density at radius 2 is 1.68 bits per heavy atom. The highest BCUT2D eigenvalue weighted by atomic mass is 32.2. The first-order valence-electron chi connectivity index (χ1n) is 11.0. The van der Waals surface area contributed by atoms with E-state index in [4.69, 9.17) is 9.47 Å². The third-order valence-corrected chi connectivity index (χ3v) is 6.51. The molecule has 34 heavy (non-hydrogen) atoms. The Bertz CT molecular complexity index is 1000. The summed E-state index contributed by atoms with van der Waals surface area (Å²) in [5.74, 6) is -1.35. The molecule has 1 aliphatic rings. The fourth-order valence-electron chi connectivity index (χ4n) is 4.12. The second-order valence-corrected chi connectivity index (χ2v) is 9.35. The standard InChI is InChI=1S/C25H30N2O6S/c1-25(15-32-2,23(30)26-21(22(28)29)12-13-34-3)27-24(31)33-14-20-18-10-6-4-8-16(18)17-9-5-7-11-19(17)20/h4-11,20-21H,12-15H2,1-3H3,(H,26,30)(H,27,31)(H,28,29)/t21-,25?/m0/s1. The van der Waals surface area contributed by atoms with Crippen molar-refractivity contribution >= 4 is 29.7 Å². The molecule has 0 radical (unpaired) electrons. The third kappa shape index (κ3) is 5.71. The predicted octanol–water partition coefficient (Wildman–Crippen LogP) is 3.25. The Kier molecular flexibility index (Phi) is 8.57. The molecule has 2 atom stereocenters. The molecule has 2 amide bonds. The average molecular weight is 487 g/mol. The summed E-state index contributed by atoms with van der Waals surface area (Å²) < 4.78 is 10.7. The summed E-state index contributed by atoms with van der Waals surface area (Å²) in [6.07, 6.45) is 1.33. The van der Waals surface area contributed by atoms with Gasteiger partial charge in [-0.1, -0.05) is 48.5 Å². The van der Waals surface area contributed by atoms with Crippen molar-refractivity contribution in [3.63, 3.8) is 0 Å². The van der Waals surface area contributed by atoms with E-state index in [1.807, 2.05) is 54.8 Å². The van der Waals surface area contributed by atoms with Crippen molar-refractivity contribution in [3.8, 4) is 11.1 Å². The maximum atomic E-state index is 12.9. The van der Waals surface area contributed by atoms with E-state index in [2.05, 4.69) is 10.6 Å². The molecule has 9 heteroatoms. The first kappa shape index (κ1) is 25.6. The van der Waals surface area contributed by atoms with Crippen molar-refractivity contribution in [2.45, 2.75) is 30.8 Å². The Hall–Kier alpha value is -3.04. The van der Waals surface area contributed by atoms with Gasteiger partial charge in [-0.25, -0.2) is 9.59 Å². The third-order valence-electron chi connectivity index (χ3n) is 5.87. The fourth-order valence-corrected chi connectivity index (χ4v) is 4.59. The number of rotatable bonds is 11. The summed E-state index contributed by atoms with van der Waals surface area (Å²) in [6.45, 7) is 1.41. The topological polar surface area (TPSA) is 114 Å². The Balaban J connectivity index is 1.68. The number of carbonyl (C=O) groups is 3. The number of carboxylic acids is 1. The Labute approximate surface area is 203 Å². The number of aliphatic carboxylic acids is 1. The molecule has 0 spiro atoms. The SMILES string of the molecule is COCC(C)(NC(=O)OCC1c2ccccc2-c2ccccc21)C(=O)N[C@@H](CCSC)C(=O)O. The zero-order valence-electron chi connectivity index (χ0n) is 19.5. The lowest BCUT2D eigenvalue weighted by Gasteiger charge is -2.30. The largest absolute Gasteiger partial charge is 0.480 e. The van der Waals surface area contributed by atoms with Crippen LogP contribution in [0.15, 0.2) is 48.5 Å². The molecule has 8 nitrogen and oxygen atoms in total. The zero-order valence-corrected chi connectivity index (χ0v) is 20.3. The van der Waals surface area contributed by atoms with Gasteiger partial charge in [0.25, 0.3) is 0 Å². The lowest BCUT2D eigenvalue weighted by Crippen LogP contribution is -2.62. The highest BCUT2D eigenvalue weighted by Crippen LogP contribution is 2.44. The van der Waals surface area contributed by atoms with E-state index in [1.165, 1.54) is 25.8 Å². The van der Waals surface area contributed by atoms with Crippen molar-refractivity contribution in [1.82, 2.24) is 10.6 Å². The van der Waals surface area contributed by atoms with Crippen LogP contribution in [0.3, 0.4) is 0 Å². The van der Waals surface area contributed by atoms with Crippen molar-refractivity contribution in [3.05, 3.63) is 59.7 Å². The molecule has 0 aromatic heterocycles. The Morgan fingerprint density at radius 1 is 1.09 bits per heavy atom. The first-order valence-corrected chi connectivity index (χ1v) is 12.3. The number of hydrogen-bond acceptors (Lipinski definition) is 6. The molecule has 2 aromatic carbocycles. The van der Waals surface area contributed by atoms with E-state index in [0.717, 1.165) is 22.3 Å². The van der Waals surface area contributed by atoms with Gasteiger partial charge in [0, 0.05) is 13.0 Å². The number of nitrogens with one attached hydrogen (secondary N) is 2. The molecule has 0 saturated heterocycles. The van der Waals surface area contributed by atoms with Crippen LogP contribution in [-0.4, -0.2) is 67.0 Å². The number of ether oxygens (including phenoxy) is 2. The van der Waals surface area contributed by atoms with Crippen LogP contribution in [0.5, 0.6) is 0 Å². The summed E-state index contributed by atoms with van der Waals surface area (Å²) in [5, 5.41) is 14.5. The molecule has 0 heterocycles. The second kappa shape index (κ2) is 11.4. The molecule has 2 aromatic rings. The van der Waals surface area contributed by atoms with Gasteiger partial charge < -0.3 is 25.2 Å². The van der Waals surface area contributed by atoms with Crippen molar-refractivity contribution in [1.29, 1.82) is 0 Å². The number of carbonyl (C=O) groups excluding carboxylic acids is 2. The minimum absolute atomic E-state index is 0.0933. The Morgan fingerprint density at radius 3 is 2.21 bits per heavy atom. The van der Waals surface area contributed by atoms with Crippen molar-refractivity contribution in [2.75, 3.05) is 32.3 Å². The molecular formula is C25H30N2O6S. The van der Waals surface area contributed by atoms with Crippen LogP contribution in [-0.2, 0) is 19.1 Å². The number of methoxy groups -OCH3 is 1. The molecule has 1 aliphatic carbocycles. The predicted molar refractivity (Wildman–Crippen MR) is 131 cm³/mol. The molecule has 1 unspecified atom stereocenters. The van der Waals surface area contributed by atoms with Crippen molar-refractivity contribution < 1.29 is 29.0 Å². The number of thioether (sulfide) groups is 1. The minimum atomic E-state index is -1.51. The fraction of sp³-hybridized carbons (Fsp3) is 0.400. The van der Waals surface area contributed by atoms with Gasteiger partial charge in [0.1, 0.15) is 18.2 Å². The van der Waals surface area contributed by atoms with E-state index in [1.54, 1.807) is 0 Å². The molecule has 0 saturated carbocycles. The summed E-state index contributed by atoms with van der Waals surface area (Å²) in [5.41, 5.74) is 2.87. The summed E-state index contributed by atoms with van der Waals surface area (Å²) in [4.78, 5) is 37.2. The molecule has 0 fully saturated rings. The second-order valence-electron chi connectivity index (χ2n) is 8.36. The lowest BCUT2D eigenvalue weighted by atomic mass is 9.98. The van der Waals surface area contributed by atoms with Gasteiger partial charge in [0.05, 0.1) is 6.61 Å². The number of amides is 2. The number of carboxylic acid groups (broad SMARTS) is 1. The molecule has 0 aliphatic heterocycles. The molecule has 3 N–H and O–H groups in total. The van der Waals surface area contributed by atoms with E-state index < -0.39 is 29.6 Å². The van der Waals surface area contributed by atoms with E-state index in [9.17, 15) is 19.5 Å². The summed E-state index contributed by atoms with van der Waals surface area (Å²) >= 11 is 1.48. The van der Waals surface area contributed by atoms with Gasteiger partial charge in [-0.05, 0) is 47.6 Å². The molecule has 182 valence electrons. The number of alkyl carbamates (subject to hydrolysis) is 1. The van der Waals surface area contributed by atoms with Crippen LogP contribution in [0.2, 0.25) is 0 Å². The van der Waals surface area contributed by atoms with Crippen molar-refractivity contribution in [2.24, 2.45) is 0 Å². The number of benzene rings is 2. The van der Waals surface area contributed by atoms with E-state index in [-0.39, 0.29) is 25.6 Å². The lowest BCUT2D eigenvalue weighted by molar-refractivity contribution is -0.143. The maximum absolute atomic E-state index is 12.9. The van der Waals surface area contributed by atoms with Crippen LogP contribution < -0.4 is 10.6 Å². The maximum Gasteiger partial charge on any atom is 0.408 e. The van der Waals surface area contributed by atoms with Gasteiger partial charge in [-0.15, -0.1) is 0 Å². The molecular weight excluding hydrogens is 456 g/mol. The number of hydrogen-bond donors (Lipinski definition) is 3. The summed E-state index contributed by atoms with van der Waals surface area (Å²) in [7, 11) is 1.40. The normalized spacial score (nSPS) is 14.9. The van der Waals surface area contributed by atoms with Gasteiger partial charge in [0.2, 0.25) is 5.91 Å². The smallest absolute Gasteiger partial charge is 0.408 e. The number of fused-ring (bicyclic) bond motifs is 3. The quantitative estimate of drug-likeness (QED) is 0.447. The zero-order chi connectivity index (χ0) is 24.7. The van der Waals surface area contributed by atoms with Gasteiger partial charge in [-0.2, -0.15) is 11.8 Å². The van der Waals surface area contributed by atoms with Gasteiger partial charge >= 0.3 is 12.1 Å². The highest BCUT2D eigenvalue weighted by molar-refractivity contribution is 7.98. The van der Waals surface area contributed by atoms with Crippen LogP contribution in [0.25, 0.3) is 11.1 Å². The molecule has 0 bridgehead atoms. The van der Waals surface area contributed by atoms with E-state index in [0.29, 0.717) is 5.75 Å². The van der Waals surface area contributed by atoms with Crippen LogP contribution in [0.4, 0.5) is 4.79 Å². The highest BCUT2D eigenvalue weighted by Gasteiger charge is 2.38. The summed E-state index contributed by atoms with van der Waals surface area (Å²) in [6, 6.07) is 14.9. The molecule has 3 rings (SSSR count). The van der Waals surface area contributed by atoms with Gasteiger partial charge in [-0.3, -0.25) is 4.79 Å². The van der Waals surface area contributed by atoms with Crippen LogP contribution in [0.1, 0.15) is 30.4 Å².